The quantitative estimate of drug-likeness (QED) is 0.859. The summed E-state index contributed by atoms with van der Waals surface area (Å²) in [6.07, 6.45) is 7.91. The summed E-state index contributed by atoms with van der Waals surface area (Å²) in [5.74, 6) is 0.875. The van der Waals surface area contributed by atoms with Crippen molar-refractivity contribution >= 4 is 16.3 Å². The van der Waals surface area contributed by atoms with E-state index >= 15 is 0 Å². The molecule has 0 bridgehead atoms. The fourth-order valence-electron chi connectivity index (χ4n) is 3.91. The van der Waals surface area contributed by atoms with Gasteiger partial charge in [-0.2, -0.15) is 0 Å². The third-order valence-electron chi connectivity index (χ3n) is 5.44. The molecular formula is C18H25N3OS. The maximum Gasteiger partial charge on any atom is 0.259 e. The van der Waals surface area contributed by atoms with Crippen LogP contribution in [0.2, 0.25) is 0 Å². The van der Waals surface area contributed by atoms with Crippen molar-refractivity contribution in [1.82, 2.24) is 14.3 Å². The highest BCUT2D eigenvalue weighted by atomic mass is 32.1. The lowest BCUT2D eigenvalue weighted by Crippen LogP contribution is -2.39. The van der Waals surface area contributed by atoms with Crippen LogP contribution in [0.5, 0.6) is 0 Å². The summed E-state index contributed by atoms with van der Waals surface area (Å²) < 4.78 is 1.72. The molecule has 0 amide bonds. The first-order valence-corrected chi connectivity index (χ1v) is 9.72. The van der Waals surface area contributed by atoms with Gasteiger partial charge in [0.05, 0.1) is 5.69 Å². The van der Waals surface area contributed by atoms with Gasteiger partial charge in [-0.15, -0.1) is 11.3 Å². The monoisotopic (exact) mass is 331 g/mol. The van der Waals surface area contributed by atoms with Gasteiger partial charge in [0, 0.05) is 35.8 Å². The molecule has 0 N–H and O–H groups in total. The highest BCUT2D eigenvalue weighted by molar-refractivity contribution is 7.15. The Morgan fingerprint density at radius 1 is 1.22 bits per heavy atom. The third kappa shape index (κ3) is 3.09. The third-order valence-corrected chi connectivity index (χ3v) is 6.39. The first-order valence-electron chi connectivity index (χ1n) is 8.84. The van der Waals surface area contributed by atoms with E-state index in [-0.39, 0.29) is 5.56 Å². The molecule has 2 aromatic heterocycles. The lowest BCUT2D eigenvalue weighted by atomic mass is 9.86. The van der Waals surface area contributed by atoms with Gasteiger partial charge in [0.2, 0.25) is 0 Å². The molecule has 0 radical (unpaired) electrons. The zero-order valence-corrected chi connectivity index (χ0v) is 14.8. The number of nitrogens with zero attached hydrogens (tertiary/aromatic N) is 3. The Kier molecular flexibility index (Phi) is 4.01. The van der Waals surface area contributed by atoms with Gasteiger partial charge in [-0.1, -0.05) is 6.92 Å². The molecule has 2 saturated carbocycles. The van der Waals surface area contributed by atoms with Crippen LogP contribution < -0.4 is 5.56 Å². The second-order valence-corrected chi connectivity index (χ2v) is 8.23. The van der Waals surface area contributed by atoms with Gasteiger partial charge in [-0.25, -0.2) is 4.98 Å². The van der Waals surface area contributed by atoms with Crippen molar-refractivity contribution in [3.05, 3.63) is 33.2 Å². The number of aryl methyl sites for hydroxylation is 1. The Balaban J connectivity index is 1.58. The van der Waals surface area contributed by atoms with Crippen molar-refractivity contribution in [3.8, 4) is 0 Å². The van der Waals surface area contributed by atoms with E-state index in [1.807, 2.05) is 12.3 Å². The molecule has 0 saturated heterocycles. The van der Waals surface area contributed by atoms with Crippen LogP contribution in [0.3, 0.4) is 0 Å². The van der Waals surface area contributed by atoms with E-state index in [2.05, 4.69) is 11.8 Å². The Bertz CT molecular complexity index is 753. The van der Waals surface area contributed by atoms with Gasteiger partial charge in [0.15, 0.2) is 4.96 Å². The van der Waals surface area contributed by atoms with Crippen molar-refractivity contribution in [2.24, 2.45) is 5.92 Å². The van der Waals surface area contributed by atoms with Gasteiger partial charge in [0.25, 0.3) is 5.56 Å². The molecule has 0 aromatic carbocycles. The van der Waals surface area contributed by atoms with Crippen molar-refractivity contribution in [1.29, 1.82) is 0 Å². The van der Waals surface area contributed by atoms with Crippen LogP contribution in [-0.4, -0.2) is 26.4 Å². The molecule has 23 heavy (non-hydrogen) atoms. The Hall–Kier alpha value is -1.20. The summed E-state index contributed by atoms with van der Waals surface area (Å²) in [5.41, 5.74) is 1.99. The fraction of sp³-hybridized carbons (Fsp3) is 0.667. The topological polar surface area (TPSA) is 37.6 Å². The summed E-state index contributed by atoms with van der Waals surface area (Å²) in [7, 11) is 0. The highest BCUT2D eigenvalue weighted by Gasteiger charge is 2.35. The van der Waals surface area contributed by atoms with E-state index in [0.29, 0.717) is 6.04 Å². The van der Waals surface area contributed by atoms with E-state index in [4.69, 9.17) is 4.98 Å². The number of hydrogen-bond acceptors (Lipinski definition) is 4. The normalized spacial score (nSPS) is 25.3. The number of fused-ring (bicyclic) bond motifs is 1. The minimum atomic E-state index is 0.0664. The molecule has 2 heterocycles. The predicted octanol–water partition coefficient (Wildman–Crippen LogP) is 3.61. The van der Waals surface area contributed by atoms with E-state index in [1.165, 1.54) is 38.5 Å². The minimum absolute atomic E-state index is 0.0664. The lowest BCUT2D eigenvalue weighted by Gasteiger charge is -2.36. The van der Waals surface area contributed by atoms with Gasteiger partial charge < -0.3 is 0 Å². The first-order chi connectivity index (χ1) is 11.1. The molecular weight excluding hydrogens is 306 g/mol. The largest absolute Gasteiger partial charge is 0.292 e. The molecule has 0 unspecified atom stereocenters. The predicted molar refractivity (Wildman–Crippen MR) is 94.1 cm³/mol. The van der Waals surface area contributed by atoms with Gasteiger partial charge in [-0.3, -0.25) is 14.1 Å². The molecule has 0 aliphatic heterocycles. The Labute approximate surface area is 141 Å². The number of hydrogen-bond donors (Lipinski definition) is 0. The summed E-state index contributed by atoms with van der Waals surface area (Å²) in [4.78, 5) is 20.6. The zero-order valence-electron chi connectivity index (χ0n) is 14.0. The second-order valence-electron chi connectivity index (χ2n) is 7.40. The molecule has 4 rings (SSSR count). The van der Waals surface area contributed by atoms with E-state index < -0.39 is 0 Å². The fourth-order valence-corrected chi connectivity index (χ4v) is 4.80. The van der Waals surface area contributed by atoms with Crippen LogP contribution >= 0.6 is 11.3 Å². The minimum Gasteiger partial charge on any atom is -0.292 e. The molecule has 2 aliphatic rings. The first kappa shape index (κ1) is 15.3. The number of thiazole rings is 1. The zero-order chi connectivity index (χ0) is 16.0. The summed E-state index contributed by atoms with van der Waals surface area (Å²) in [6.45, 7) is 5.17. The van der Waals surface area contributed by atoms with E-state index in [9.17, 15) is 4.79 Å². The van der Waals surface area contributed by atoms with Crippen LogP contribution in [0.1, 0.15) is 56.8 Å². The van der Waals surface area contributed by atoms with Gasteiger partial charge >= 0.3 is 0 Å². The van der Waals surface area contributed by atoms with Crippen molar-refractivity contribution in [2.45, 2.75) is 71.0 Å². The maximum atomic E-state index is 12.4. The SMILES string of the molecule is Cc1csc2nc(CN(C3CCC(C)CC3)C3CC3)cc(=O)n12. The van der Waals surface area contributed by atoms with E-state index in [1.54, 1.807) is 21.8 Å². The van der Waals surface area contributed by atoms with Crippen molar-refractivity contribution in [2.75, 3.05) is 0 Å². The van der Waals surface area contributed by atoms with Crippen LogP contribution in [0, 0.1) is 12.8 Å². The summed E-state index contributed by atoms with van der Waals surface area (Å²) in [5, 5.41) is 2.01. The van der Waals surface area contributed by atoms with Crippen molar-refractivity contribution in [3.63, 3.8) is 0 Å². The summed E-state index contributed by atoms with van der Waals surface area (Å²) in [6, 6.07) is 3.15. The average molecular weight is 331 g/mol. The van der Waals surface area contributed by atoms with E-state index in [0.717, 1.165) is 34.9 Å². The average Bonchev–Trinajstić information content (AvgIpc) is 3.30. The van der Waals surface area contributed by atoms with Crippen LogP contribution in [0.15, 0.2) is 16.2 Å². The van der Waals surface area contributed by atoms with Gasteiger partial charge in [0.1, 0.15) is 0 Å². The van der Waals surface area contributed by atoms with Crippen LogP contribution in [-0.2, 0) is 6.54 Å². The van der Waals surface area contributed by atoms with Crippen molar-refractivity contribution < 1.29 is 0 Å². The molecule has 0 spiro atoms. The Morgan fingerprint density at radius 3 is 2.52 bits per heavy atom. The molecule has 2 aliphatic carbocycles. The molecule has 4 nitrogen and oxygen atoms in total. The summed E-state index contributed by atoms with van der Waals surface area (Å²) >= 11 is 1.56. The molecule has 2 fully saturated rings. The molecule has 5 heteroatoms. The maximum absolute atomic E-state index is 12.4. The number of aromatic nitrogens is 2. The van der Waals surface area contributed by atoms with Crippen LogP contribution in [0.4, 0.5) is 0 Å². The molecule has 2 aromatic rings. The number of rotatable bonds is 4. The van der Waals surface area contributed by atoms with Crippen LogP contribution in [0.25, 0.3) is 4.96 Å². The highest BCUT2D eigenvalue weighted by Crippen LogP contribution is 2.36. The lowest BCUT2D eigenvalue weighted by molar-refractivity contribution is 0.123. The smallest absolute Gasteiger partial charge is 0.259 e. The molecule has 124 valence electrons. The van der Waals surface area contributed by atoms with Gasteiger partial charge in [-0.05, 0) is 51.4 Å². The standard InChI is InChI=1S/C18H25N3OS/c1-12-3-5-15(6-4-12)20(16-7-8-16)10-14-9-17(22)21-13(2)11-23-18(21)19-14/h9,11-12,15-16H,3-8,10H2,1-2H3. The second kappa shape index (κ2) is 6.02. The molecule has 0 atom stereocenters. The Morgan fingerprint density at radius 2 is 1.87 bits per heavy atom.